The van der Waals surface area contributed by atoms with Gasteiger partial charge in [-0.05, 0) is 5.75 Å². The van der Waals surface area contributed by atoms with E-state index in [1.807, 2.05) is 0 Å². The van der Waals surface area contributed by atoms with Crippen LogP contribution in [0, 0.1) is 0 Å². The Morgan fingerprint density at radius 2 is 2.09 bits per heavy atom. The van der Waals surface area contributed by atoms with Crippen molar-refractivity contribution in [3.63, 3.8) is 0 Å². The molecule has 0 saturated heterocycles. The minimum absolute atomic E-state index is 0.313. The maximum Gasteiger partial charge on any atom is 0.441 e. The number of alkyl halides is 3. The second-order valence-corrected chi connectivity index (χ2v) is 2.73. The Labute approximate surface area is 66.6 Å². The molecule has 0 fully saturated rings. The van der Waals surface area contributed by atoms with Crippen LogP contribution in [-0.2, 0) is 0 Å². The summed E-state index contributed by atoms with van der Waals surface area (Å²) in [4.78, 5) is 0. The number of hydrogen-bond donors (Lipinski definition) is 0. The Bertz CT molecular complexity index is 164. The molecule has 0 rings (SSSR count). The summed E-state index contributed by atoms with van der Waals surface area (Å²) in [6, 6.07) is 0. The van der Waals surface area contributed by atoms with Crippen LogP contribution in [0.15, 0.2) is 10.2 Å². The Balaban J connectivity index is 4.34. The van der Waals surface area contributed by atoms with E-state index < -0.39 is 11.2 Å². The molecule has 0 N–H and O–H groups in total. The maximum absolute atomic E-state index is 11.9. The molecule has 0 aliphatic heterocycles. The van der Waals surface area contributed by atoms with Crippen LogP contribution < -0.4 is 0 Å². The molecule has 0 bridgehead atoms. The Hall–Kier alpha value is -0.520. The van der Waals surface area contributed by atoms with Crippen molar-refractivity contribution in [3.8, 4) is 0 Å². The molecule has 0 spiro atoms. The fraction of sp³-hybridized carbons (Fsp3) is 0.600. The SMILES string of the molecule is C=N/N=C(\SCC)C(F)(F)F. The lowest BCUT2D eigenvalue weighted by Gasteiger charge is -2.05. The highest BCUT2D eigenvalue weighted by molar-refractivity contribution is 8.14. The Morgan fingerprint density at radius 3 is 2.36 bits per heavy atom. The molecule has 11 heavy (non-hydrogen) atoms. The average molecular weight is 184 g/mol. The molecule has 0 unspecified atom stereocenters. The van der Waals surface area contributed by atoms with Crippen molar-refractivity contribution in [2.45, 2.75) is 13.1 Å². The van der Waals surface area contributed by atoms with Crippen LogP contribution in [0.2, 0.25) is 0 Å². The lowest BCUT2D eigenvalue weighted by atomic mass is 10.7. The van der Waals surface area contributed by atoms with Gasteiger partial charge in [0, 0.05) is 6.72 Å². The maximum atomic E-state index is 11.9. The lowest BCUT2D eigenvalue weighted by molar-refractivity contribution is -0.0556. The topological polar surface area (TPSA) is 24.7 Å². The summed E-state index contributed by atoms with van der Waals surface area (Å²) in [7, 11) is 0. The van der Waals surface area contributed by atoms with Gasteiger partial charge in [-0.25, -0.2) is 0 Å². The molecular weight excluding hydrogens is 177 g/mol. The second-order valence-electron chi connectivity index (χ2n) is 1.48. The summed E-state index contributed by atoms with van der Waals surface area (Å²) in [5.74, 6) is 0.313. The van der Waals surface area contributed by atoms with Crippen LogP contribution in [0.4, 0.5) is 13.2 Å². The van der Waals surface area contributed by atoms with E-state index in [0.29, 0.717) is 17.5 Å². The number of nitrogens with zero attached hydrogens (tertiary/aromatic N) is 2. The number of thioether (sulfide) groups is 1. The molecule has 0 radical (unpaired) electrons. The average Bonchev–Trinajstić information content (AvgIpc) is 1.85. The molecule has 0 aromatic rings. The van der Waals surface area contributed by atoms with Crippen molar-refractivity contribution in [2.24, 2.45) is 10.2 Å². The van der Waals surface area contributed by atoms with Crippen LogP contribution in [0.5, 0.6) is 0 Å². The van der Waals surface area contributed by atoms with E-state index in [1.165, 1.54) is 0 Å². The molecule has 0 aromatic heterocycles. The molecule has 2 nitrogen and oxygen atoms in total. The van der Waals surface area contributed by atoms with Crippen LogP contribution in [-0.4, -0.2) is 23.7 Å². The normalized spacial score (nSPS) is 13.3. The quantitative estimate of drug-likeness (QED) is 0.367. The highest BCUT2D eigenvalue weighted by Gasteiger charge is 2.36. The largest absolute Gasteiger partial charge is 0.441 e. The first-order chi connectivity index (χ1) is 5.02. The van der Waals surface area contributed by atoms with Gasteiger partial charge in [-0.15, -0.1) is 5.10 Å². The molecule has 6 heteroatoms. The summed E-state index contributed by atoms with van der Waals surface area (Å²) < 4.78 is 35.6. The third-order valence-corrected chi connectivity index (χ3v) is 1.56. The Kier molecular flexibility index (Phi) is 4.17. The summed E-state index contributed by atoms with van der Waals surface area (Å²) in [6.07, 6.45) is -4.40. The Morgan fingerprint density at radius 1 is 1.55 bits per heavy atom. The standard InChI is InChI=1S/C5H7F3N2S/c1-3-11-4(10-9-2)5(6,7)8/h2-3H2,1H3/b10-4-. The summed E-state index contributed by atoms with van der Waals surface area (Å²) in [6.45, 7) is 4.45. The molecule has 0 aliphatic rings. The summed E-state index contributed by atoms with van der Waals surface area (Å²) >= 11 is 0.599. The van der Waals surface area contributed by atoms with Gasteiger partial charge in [0.2, 0.25) is 0 Å². The van der Waals surface area contributed by atoms with Gasteiger partial charge >= 0.3 is 6.18 Å². The minimum atomic E-state index is -4.40. The van der Waals surface area contributed by atoms with Crippen LogP contribution in [0.1, 0.15) is 6.92 Å². The van der Waals surface area contributed by atoms with E-state index in [9.17, 15) is 13.2 Å². The first kappa shape index (κ1) is 10.5. The zero-order valence-electron chi connectivity index (χ0n) is 5.85. The third kappa shape index (κ3) is 4.02. The van der Waals surface area contributed by atoms with Crippen molar-refractivity contribution in [2.75, 3.05) is 5.75 Å². The highest BCUT2D eigenvalue weighted by atomic mass is 32.2. The monoisotopic (exact) mass is 184 g/mol. The van der Waals surface area contributed by atoms with Gasteiger partial charge in [0.25, 0.3) is 0 Å². The highest BCUT2D eigenvalue weighted by Crippen LogP contribution is 2.24. The number of halogens is 3. The lowest BCUT2D eigenvalue weighted by Crippen LogP contribution is -2.19. The van der Waals surface area contributed by atoms with E-state index in [4.69, 9.17) is 0 Å². The van der Waals surface area contributed by atoms with Gasteiger partial charge in [-0.1, -0.05) is 18.7 Å². The van der Waals surface area contributed by atoms with Gasteiger partial charge in [-0.3, -0.25) is 0 Å². The zero-order valence-corrected chi connectivity index (χ0v) is 6.67. The summed E-state index contributed by atoms with van der Waals surface area (Å²) in [5, 5.41) is 4.72. The smallest absolute Gasteiger partial charge is 0.166 e. The summed E-state index contributed by atoms with van der Waals surface area (Å²) in [5.41, 5.74) is 0. The predicted octanol–water partition coefficient (Wildman–Crippen LogP) is 2.32. The third-order valence-electron chi connectivity index (χ3n) is 0.685. The molecule has 0 saturated carbocycles. The van der Waals surface area contributed by atoms with E-state index in [-0.39, 0.29) is 0 Å². The van der Waals surface area contributed by atoms with Crippen molar-refractivity contribution in [1.29, 1.82) is 0 Å². The number of hydrogen-bond acceptors (Lipinski definition) is 3. The molecule has 0 atom stereocenters. The first-order valence-corrected chi connectivity index (χ1v) is 3.74. The van der Waals surface area contributed by atoms with Crippen molar-refractivity contribution < 1.29 is 13.2 Å². The minimum Gasteiger partial charge on any atom is -0.166 e. The fourth-order valence-electron chi connectivity index (χ4n) is 0.368. The molecule has 64 valence electrons. The van der Waals surface area contributed by atoms with Gasteiger partial charge in [-0.2, -0.15) is 18.3 Å². The van der Waals surface area contributed by atoms with Gasteiger partial charge in [0.1, 0.15) is 0 Å². The zero-order chi connectivity index (χ0) is 8.91. The van der Waals surface area contributed by atoms with E-state index in [1.54, 1.807) is 6.92 Å². The van der Waals surface area contributed by atoms with Crippen molar-refractivity contribution >= 4 is 23.5 Å². The first-order valence-electron chi connectivity index (χ1n) is 2.76. The van der Waals surface area contributed by atoms with Gasteiger partial charge in [0.05, 0.1) is 0 Å². The predicted molar refractivity (Wildman–Crippen MR) is 41.2 cm³/mol. The fourth-order valence-corrected chi connectivity index (χ4v) is 0.921. The van der Waals surface area contributed by atoms with E-state index >= 15 is 0 Å². The van der Waals surface area contributed by atoms with Gasteiger partial charge < -0.3 is 0 Å². The molecule has 0 aromatic carbocycles. The number of rotatable bonds is 2. The van der Waals surface area contributed by atoms with E-state index in [2.05, 4.69) is 16.9 Å². The molecule has 0 amide bonds. The van der Waals surface area contributed by atoms with Gasteiger partial charge in [0.15, 0.2) is 5.04 Å². The second kappa shape index (κ2) is 4.38. The van der Waals surface area contributed by atoms with Crippen molar-refractivity contribution in [3.05, 3.63) is 0 Å². The molecular formula is C5H7F3N2S. The van der Waals surface area contributed by atoms with Crippen LogP contribution in [0.25, 0.3) is 0 Å². The van der Waals surface area contributed by atoms with E-state index in [0.717, 1.165) is 0 Å². The van der Waals surface area contributed by atoms with Crippen LogP contribution in [0.3, 0.4) is 0 Å². The van der Waals surface area contributed by atoms with Crippen molar-refractivity contribution in [1.82, 2.24) is 0 Å². The molecule has 0 aliphatic carbocycles. The molecule has 0 heterocycles. The van der Waals surface area contributed by atoms with Crippen LogP contribution >= 0.6 is 11.8 Å².